The monoisotopic (exact) mass is 407 g/mol. The van der Waals surface area contributed by atoms with Crippen LogP contribution in [0.25, 0.3) is 0 Å². The van der Waals surface area contributed by atoms with Gasteiger partial charge in [0.15, 0.2) is 29.1 Å². The van der Waals surface area contributed by atoms with Crippen LogP contribution in [0.3, 0.4) is 0 Å². The Hall–Kier alpha value is -3.68. The molecule has 1 atom stereocenters. The third kappa shape index (κ3) is 3.52. The second-order valence-corrected chi connectivity index (χ2v) is 7.21. The molecule has 2 aliphatic rings. The Bertz CT molecular complexity index is 1080. The van der Waals surface area contributed by atoms with E-state index in [0.29, 0.717) is 48.3 Å². The average Bonchev–Trinajstić information content (AvgIpc) is 3.41. The number of fused-ring (bicyclic) bond motifs is 2. The first kappa shape index (κ1) is 18.4. The topological polar surface area (TPSA) is 75.1 Å². The molecular weight excluding hydrogens is 386 g/mol. The van der Waals surface area contributed by atoms with Crippen LogP contribution in [0.15, 0.2) is 54.9 Å². The summed E-state index contributed by atoms with van der Waals surface area (Å²) in [6.45, 7) is 1.23. The third-order valence-electron chi connectivity index (χ3n) is 5.15. The van der Waals surface area contributed by atoms with Gasteiger partial charge in [-0.1, -0.05) is 12.1 Å². The lowest BCUT2D eigenvalue weighted by molar-refractivity contribution is 0.0436. The Labute approximate surface area is 173 Å². The second kappa shape index (κ2) is 7.62. The van der Waals surface area contributed by atoms with Crippen LogP contribution < -0.4 is 18.9 Å². The van der Waals surface area contributed by atoms with Gasteiger partial charge in [-0.15, -0.1) is 0 Å². The van der Waals surface area contributed by atoms with E-state index in [4.69, 9.17) is 18.9 Å². The third-order valence-corrected chi connectivity index (χ3v) is 5.15. The highest BCUT2D eigenvalue weighted by Gasteiger charge is 2.28. The van der Waals surface area contributed by atoms with E-state index in [1.54, 1.807) is 29.3 Å². The molecule has 2 aromatic carbocycles. The van der Waals surface area contributed by atoms with Gasteiger partial charge in [0.1, 0.15) is 12.4 Å². The van der Waals surface area contributed by atoms with Crippen LogP contribution in [0.5, 0.6) is 23.0 Å². The average molecular weight is 407 g/mol. The van der Waals surface area contributed by atoms with Gasteiger partial charge in [-0.2, -0.15) is 0 Å². The van der Waals surface area contributed by atoms with E-state index < -0.39 is 0 Å². The molecule has 3 aromatic rings. The number of imidazole rings is 1. The van der Waals surface area contributed by atoms with Gasteiger partial charge >= 0.3 is 0 Å². The minimum Gasteiger partial charge on any atom is -0.486 e. The Balaban J connectivity index is 1.39. The molecule has 5 rings (SSSR count). The van der Waals surface area contributed by atoms with Gasteiger partial charge in [-0.05, 0) is 30.3 Å². The van der Waals surface area contributed by atoms with Gasteiger partial charge in [0.05, 0.1) is 13.1 Å². The zero-order valence-electron chi connectivity index (χ0n) is 16.5. The second-order valence-electron chi connectivity index (χ2n) is 7.21. The Morgan fingerprint density at radius 3 is 2.73 bits per heavy atom. The first-order chi connectivity index (χ1) is 14.7. The van der Waals surface area contributed by atoms with Gasteiger partial charge in [-0.25, -0.2) is 4.98 Å². The van der Waals surface area contributed by atoms with Crippen molar-refractivity contribution in [2.45, 2.75) is 12.6 Å². The van der Waals surface area contributed by atoms with E-state index in [1.165, 1.54) is 0 Å². The molecule has 0 aliphatic carbocycles. The predicted octanol–water partition coefficient (Wildman–Crippen LogP) is 2.63. The molecule has 0 saturated carbocycles. The number of amides is 1. The van der Waals surface area contributed by atoms with Gasteiger partial charge < -0.3 is 28.4 Å². The first-order valence-electron chi connectivity index (χ1n) is 9.71. The van der Waals surface area contributed by atoms with E-state index in [0.717, 1.165) is 5.82 Å². The van der Waals surface area contributed by atoms with E-state index in [1.807, 2.05) is 42.1 Å². The van der Waals surface area contributed by atoms with Crippen molar-refractivity contribution in [3.63, 3.8) is 0 Å². The summed E-state index contributed by atoms with van der Waals surface area (Å²) >= 11 is 0. The summed E-state index contributed by atoms with van der Waals surface area (Å²) in [6.07, 6.45) is 3.28. The highest BCUT2D eigenvalue weighted by molar-refractivity contribution is 5.95. The highest BCUT2D eigenvalue weighted by Crippen LogP contribution is 2.34. The number of para-hydroxylation sites is 2. The molecule has 154 valence electrons. The van der Waals surface area contributed by atoms with Gasteiger partial charge in [-0.3, -0.25) is 4.79 Å². The molecule has 0 saturated heterocycles. The van der Waals surface area contributed by atoms with Crippen LogP contribution in [0.2, 0.25) is 0 Å². The van der Waals surface area contributed by atoms with Crippen molar-refractivity contribution in [3.05, 3.63) is 66.2 Å². The number of benzene rings is 2. The fraction of sp³-hybridized carbons (Fsp3) is 0.273. The molecule has 3 heterocycles. The molecule has 0 bridgehead atoms. The van der Waals surface area contributed by atoms with E-state index >= 15 is 0 Å². The van der Waals surface area contributed by atoms with Crippen LogP contribution in [0.1, 0.15) is 16.2 Å². The number of rotatable bonds is 5. The fourth-order valence-electron chi connectivity index (χ4n) is 3.55. The van der Waals surface area contributed by atoms with E-state index in [9.17, 15) is 4.79 Å². The van der Waals surface area contributed by atoms with Crippen molar-refractivity contribution in [1.29, 1.82) is 0 Å². The first-order valence-corrected chi connectivity index (χ1v) is 9.71. The lowest BCUT2D eigenvalue weighted by Crippen LogP contribution is -2.43. The van der Waals surface area contributed by atoms with Crippen molar-refractivity contribution in [1.82, 2.24) is 14.5 Å². The number of carbonyl (C=O) groups is 1. The van der Waals surface area contributed by atoms with Crippen molar-refractivity contribution in [2.75, 3.05) is 19.9 Å². The smallest absolute Gasteiger partial charge is 0.254 e. The molecule has 30 heavy (non-hydrogen) atoms. The summed E-state index contributed by atoms with van der Waals surface area (Å²) in [6, 6.07) is 12.7. The molecule has 1 aromatic heterocycles. The summed E-state index contributed by atoms with van der Waals surface area (Å²) in [4.78, 5) is 19.5. The maximum atomic E-state index is 13.4. The molecule has 1 amide bonds. The largest absolute Gasteiger partial charge is 0.486 e. The molecule has 0 N–H and O–H groups in total. The molecule has 8 heteroatoms. The maximum absolute atomic E-state index is 13.4. The number of aryl methyl sites for hydroxylation is 1. The van der Waals surface area contributed by atoms with Gasteiger partial charge in [0, 0.05) is 25.0 Å². The van der Waals surface area contributed by atoms with Crippen molar-refractivity contribution in [2.24, 2.45) is 7.05 Å². The lowest BCUT2D eigenvalue weighted by atomic mass is 10.1. The molecule has 0 radical (unpaired) electrons. The molecule has 2 aliphatic heterocycles. The van der Waals surface area contributed by atoms with Crippen LogP contribution in [0.4, 0.5) is 0 Å². The van der Waals surface area contributed by atoms with Gasteiger partial charge in [0.25, 0.3) is 5.91 Å². The number of ether oxygens (including phenoxy) is 4. The Morgan fingerprint density at radius 1 is 1.10 bits per heavy atom. The molecule has 0 fully saturated rings. The van der Waals surface area contributed by atoms with Crippen LogP contribution in [0, 0.1) is 0 Å². The summed E-state index contributed by atoms with van der Waals surface area (Å²) in [5.74, 6) is 3.25. The SMILES string of the molecule is Cn1ccnc1CN(CC1COc2ccccc2O1)C(=O)c1ccc2c(c1)OCO2. The zero-order chi connectivity index (χ0) is 20.5. The Kier molecular flexibility index (Phi) is 4.66. The van der Waals surface area contributed by atoms with Crippen LogP contribution >= 0.6 is 0 Å². The van der Waals surface area contributed by atoms with Crippen molar-refractivity contribution >= 4 is 5.91 Å². The fourth-order valence-corrected chi connectivity index (χ4v) is 3.55. The predicted molar refractivity (Wildman–Crippen MR) is 107 cm³/mol. The highest BCUT2D eigenvalue weighted by atomic mass is 16.7. The standard InChI is InChI=1S/C22H21N3O5/c1-24-9-8-23-21(24)12-25(11-16-13-27-17-4-2-3-5-19(17)30-16)22(26)15-6-7-18-20(10-15)29-14-28-18/h2-10,16H,11-14H2,1H3. The number of carbonyl (C=O) groups excluding carboxylic acids is 1. The van der Waals surface area contributed by atoms with Crippen LogP contribution in [-0.2, 0) is 13.6 Å². The van der Waals surface area contributed by atoms with Gasteiger partial charge in [0.2, 0.25) is 6.79 Å². The minimum atomic E-state index is -0.293. The van der Waals surface area contributed by atoms with Crippen molar-refractivity contribution in [3.8, 4) is 23.0 Å². The zero-order valence-corrected chi connectivity index (χ0v) is 16.5. The maximum Gasteiger partial charge on any atom is 0.254 e. The molecule has 8 nitrogen and oxygen atoms in total. The molecule has 1 unspecified atom stereocenters. The lowest BCUT2D eigenvalue weighted by Gasteiger charge is -2.31. The van der Waals surface area contributed by atoms with Crippen LogP contribution in [-0.4, -0.2) is 46.4 Å². The summed E-state index contributed by atoms with van der Waals surface area (Å²) < 4.78 is 24.6. The number of hydrogen-bond donors (Lipinski definition) is 0. The summed E-state index contributed by atoms with van der Waals surface area (Å²) in [5, 5.41) is 0. The number of aromatic nitrogens is 2. The molecular formula is C22H21N3O5. The van der Waals surface area contributed by atoms with Crippen molar-refractivity contribution < 1.29 is 23.7 Å². The number of hydrogen-bond acceptors (Lipinski definition) is 6. The summed E-state index contributed by atoms with van der Waals surface area (Å²) in [5.41, 5.74) is 0.519. The van der Waals surface area contributed by atoms with E-state index in [2.05, 4.69) is 4.98 Å². The summed E-state index contributed by atoms with van der Waals surface area (Å²) in [7, 11) is 1.90. The van der Waals surface area contributed by atoms with E-state index in [-0.39, 0.29) is 18.8 Å². The quantitative estimate of drug-likeness (QED) is 0.647. The number of nitrogens with zero attached hydrogens (tertiary/aromatic N) is 3. The Morgan fingerprint density at radius 2 is 1.90 bits per heavy atom. The normalized spacial score (nSPS) is 16.4. The molecule has 0 spiro atoms. The minimum absolute atomic E-state index is 0.140.